The van der Waals surface area contributed by atoms with Gasteiger partial charge in [-0.25, -0.2) is 0 Å². The predicted octanol–water partition coefficient (Wildman–Crippen LogP) is 3.15. The quantitative estimate of drug-likeness (QED) is 0.669. The van der Waals surface area contributed by atoms with Gasteiger partial charge in [-0.15, -0.1) is 0 Å². The lowest BCUT2D eigenvalue weighted by Crippen LogP contribution is -2.15. The van der Waals surface area contributed by atoms with Crippen LogP contribution in [-0.2, 0) is 6.54 Å². The Bertz CT molecular complexity index is 302. The molecule has 0 saturated carbocycles. The van der Waals surface area contributed by atoms with Crippen LogP contribution in [0, 0.1) is 0 Å². The van der Waals surface area contributed by atoms with E-state index in [1.54, 1.807) is 0 Å². The minimum atomic E-state index is 0.792. The number of rotatable bonds is 9. The predicted molar refractivity (Wildman–Crippen MR) is 71.3 cm³/mol. The highest BCUT2D eigenvalue weighted by Gasteiger charge is 2.02. The van der Waals surface area contributed by atoms with E-state index >= 15 is 0 Å². The standard InChI is InChI=1S/C14H24N2O/c1-3-5-6-10-17-14-12-16-9-7-13(14)11-15-8-4-2/h7,9,12,15H,3-6,8,10-11H2,1-2H3. The third kappa shape index (κ3) is 5.68. The van der Waals surface area contributed by atoms with Crippen LogP contribution in [-0.4, -0.2) is 18.1 Å². The van der Waals surface area contributed by atoms with Crippen LogP contribution in [0.15, 0.2) is 18.5 Å². The van der Waals surface area contributed by atoms with Crippen molar-refractivity contribution in [3.8, 4) is 5.75 Å². The van der Waals surface area contributed by atoms with Gasteiger partial charge in [-0.2, -0.15) is 0 Å². The maximum absolute atomic E-state index is 5.77. The van der Waals surface area contributed by atoms with Crippen molar-refractivity contribution in [2.24, 2.45) is 0 Å². The monoisotopic (exact) mass is 236 g/mol. The number of unbranched alkanes of at least 4 members (excludes halogenated alkanes) is 2. The number of hydrogen-bond donors (Lipinski definition) is 1. The van der Waals surface area contributed by atoms with Gasteiger partial charge in [-0.05, 0) is 25.5 Å². The van der Waals surface area contributed by atoms with E-state index in [9.17, 15) is 0 Å². The van der Waals surface area contributed by atoms with E-state index in [-0.39, 0.29) is 0 Å². The Morgan fingerprint density at radius 1 is 1.24 bits per heavy atom. The largest absolute Gasteiger partial charge is 0.492 e. The van der Waals surface area contributed by atoms with Crippen molar-refractivity contribution in [2.75, 3.05) is 13.2 Å². The van der Waals surface area contributed by atoms with E-state index in [0.29, 0.717) is 0 Å². The zero-order chi connectivity index (χ0) is 12.3. The summed E-state index contributed by atoms with van der Waals surface area (Å²) in [7, 11) is 0. The van der Waals surface area contributed by atoms with Crippen molar-refractivity contribution in [1.29, 1.82) is 0 Å². The van der Waals surface area contributed by atoms with Gasteiger partial charge in [-0.3, -0.25) is 4.98 Å². The molecule has 0 aliphatic heterocycles. The zero-order valence-corrected chi connectivity index (χ0v) is 11.0. The van der Waals surface area contributed by atoms with Crippen LogP contribution in [0.5, 0.6) is 5.75 Å². The van der Waals surface area contributed by atoms with Gasteiger partial charge in [0, 0.05) is 18.3 Å². The van der Waals surface area contributed by atoms with Gasteiger partial charge < -0.3 is 10.1 Å². The summed E-state index contributed by atoms with van der Waals surface area (Å²) < 4.78 is 5.77. The molecule has 0 amide bonds. The second-order valence-corrected chi connectivity index (χ2v) is 4.22. The Labute approximate surface area is 105 Å². The van der Waals surface area contributed by atoms with Crippen molar-refractivity contribution >= 4 is 0 Å². The van der Waals surface area contributed by atoms with E-state index in [1.165, 1.54) is 18.4 Å². The zero-order valence-electron chi connectivity index (χ0n) is 11.0. The minimum Gasteiger partial charge on any atom is -0.492 e. The van der Waals surface area contributed by atoms with Crippen molar-refractivity contribution in [1.82, 2.24) is 10.3 Å². The van der Waals surface area contributed by atoms with Crippen molar-refractivity contribution < 1.29 is 4.74 Å². The molecule has 0 aliphatic carbocycles. The number of nitrogens with one attached hydrogen (secondary N) is 1. The van der Waals surface area contributed by atoms with Crippen molar-refractivity contribution in [3.05, 3.63) is 24.0 Å². The Morgan fingerprint density at radius 2 is 2.12 bits per heavy atom. The van der Waals surface area contributed by atoms with E-state index in [2.05, 4.69) is 24.1 Å². The molecule has 1 heterocycles. The molecule has 0 spiro atoms. The van der Waals surface area contributed by atoms with Crippen molar-refractivity contribution in [2.45, 2.75) is 46.1 Å². The topological polar surface area (TPSA) is 34.1 Å². The smallest absolute Gasteiger partial charge is 0.142 e. The second-order valence-electron chi connectivity index (χ2n) is 4.22. The van der Waals surface area contributed by atoms with Gasteiger partial charge in [0.25, 0.3) is 0 Å². The Balaban J connectivity index is 2.40. The fraction of sp³-hybridized carbons (Fsp3) is 0.643. The molecule has 0 saturated heterocycles. The molecule has 3 nitrogen and oxygen atoms in total. The molecule has 0 unspecified atom stereocenters. The van der Waals surface area contributed by atoms with Crippen LogP contribution in [0.25, 0.3) is 0 Å². The highest BCUT2D eigenvalue weighted by atomic mass is 16.5. The van der Waals surface area contributed by atoms with Gasteiger partial charge >= 0.3 is 0 Å². The highest BCUT2D eigenvalue weighted by Crippen LogP contribution is 2.16. The third-order valence-corrected chi connectivity index (χ3v) is 2.62. The molecule has 0 bridgehead atoms. The van der Waals surface area contributed by atoms with Crippen LogP contribution in [0.3, 0.4) is 0 Å². The molecule has 0 atom stereocenters. The fourth-order valence-corrected chi connectivity index (χ4v) is 1.62. The Morgan fingerprint density at radius 3 is 2.88 bits per heavy atom. The fourth-order valence-electron chi connectivity index (χ4n) is 1.62. The van der Waals surface area contributed by atoms with Crippen LogP contribution in [0.2, 0.25) is 0 Å². The van der Waals surface area contributed by atoms with Crippen LogP contribution in [0.1, 0.15) is 45.1 Å². The molecular weight excluding hydrogens is 212 g/mol. The van der Waals surface area contributed by atoms with E-state index in [0.717, 1.165) is 38.3 Å². The van der Waals surface area contributed by atoms with E-state index in [4.69, 9.17) is 4.74 Å². The lowest BCUT2D eigenvalue weighted by atomic mass is 10.2. The summed E-state index contributed by atoms with van der Waals surface area (Å²) >= 11 is 0. The SMILES string of the molecule is CCCCCOc1cnccc1CNCCC. The second kappa shape index (κ2) is 8.99. The highest BCUT2D eigenvalue weighted by molar-refractivity contribution is 5.29. The first-order chi connectivity index (χ1) is 8.38. The van der Waals surface area contributed by atoms with E-state index < -0.39 is 0 Å². The molecule has 3 heteroatoms. The number of pyridine rings is 1. The molecule has 1 N–H and O–H groups in total. The molecule has 17 heavy (non-hydrogen) atoms. The summed E-state index contributed by atoms with van der Waals surface area (Å²) in [5.41, 5.74) is 1.20. The molecule has 1 aromatic heterocycles. The van der Waals surface area contributed by atoms with Gasteiger partial charge in [-0.1, -0.05) is 26.7 Å². The number of hydrogen-bond acceptors (Lipinski definition) is 3. The van der Waals surface area contributed by atoms with E-state index in [1.807, 2.05) is 18.5 Å². The number of aromatic nitrogens is 1. The molecule has 96 valence electrons. The van der Waals surface area contributed by atoms with Gasteiger partial charge in [0.2, 0.25) is 0 Å². The summed E-state index contributed by atoms with van der Waals surface area (Å²) in [6.45, 7) is 7.06. The first-order valence-electron chi connectivity index (χ1n) is 6.64. The summed E-state index contributed by atoms with van der Waals surface area (Å²) in [4.78, 5) is 4.12. The minimum absolute atomic E-state index is 0.792. The van der Waals surface area contributed by atoms with Gasteiger partial charge in [0.1, 0.15) is 5.75 Å². The first kappa shape index (κ1) is 14.0. The molecule has 0 aromatic carbocycles. The third-order valence-electron chi connectivity index (χ3n) is 2.62. The summed E-state index contributed by atoms with van der Waals surface area (Å²) in [6, 6.07) is 2.03. The molecule has 1 rings (SSSR count). The first-order valence-corrected chi connectivity index (χ1v) is 6.64. The lowest BCUT2D eigenvalue weighted by molar-refractivity contribution is 0.301. The maximum atomic E-state index is 5.77. The molecule has 1 aromatic rings. The van der Waals surface area contributed by atoms with Gasteiger partial charge in [0.05, 0.1) is 12.8 Å². The molecule has 0 fully saturated rings. The number of nitrogens with zero attached hydrogens (tertiary/aromatic N) is 1. The van der Waals surface area contributed by atoms with Crippen molar-refractivity contribution in [3.63, 3.8) is 0 Å². The van der Waals surface area contributed by atoms with Crippen LogP contribution in [0.4, 0.5) is 0 Å². The molecule has 0 aliphatic rings. The summed E-state index contributed by atoms with van der Waals surface area (Å²) in [5.74, 6) is 0.923. The number of ether oxygens (including phenoxy) is 1. The van der Waals surface area contributed by atoms with Gasteiger partial charge in [0.15, 0.2) is 0 Å². The van der Waals surface area contributed by atoms with Crippen LogP contribution < -0.4 is 10.1 Å². The van der Waals surface area contributed by atoms with Crippen LogP contribution >= 0.6 is 0 Å². The summed E-state index contributed by atoms with van der Waals surface area (Å²) in [5, 5.41) is 3.39. The Kier molecular flexibility index (Phi) is 7.39. The molecular formula is C14H24N2O. The molecule has 0 radical (unpaired) electrons. The maximum Gasteiger partial charge on any atom is 0.142 e. The Hall–Kier alpha value is -1.09. The average molecular weight is 236 g/mol. The average Bonchev–Trinajstić information content (AvgIpc) is 2.36. The lowest BCUT2D eigenvalue weighted by Gasteiger charge is -2.11. The summed E-state index contributed by atoms with van der Waals surface area (Å²) in [6.07, 6.45) is 8.35. The normalized spacial score (nSPS) is 10.5.